The number of rotatable bonds is 1. The molecule has 2 aromatic rings. The van der Waals surface area contributed by atoms with Crippen molar-refractivity contribution in [3.63, 3.8) is 0 Å². The van der Waals surface area contributed by atoms with Crippen LogP contribution >= 0.6 is 11.3 Å². The van der Waals surface area contributed by atoms with Crippen LogP contribution in [-0.2, 0) is 0 Å². The van der Waals surface area contributed by atoms with Crippen molar-refractivity contribution < 1.29 is 0 Å². The summed E-state index contributed by atoms with van der Waals surface area (Å²) in [5, 5.41) is 2.69. The van der Waals surface area contributed by atoms with Crippen LogP contribution in [0.1, 0.15) is 0 Å². The van der Waals surface area contributed by atoms with E-state index in [0.29, 0.717) is 10.6 Å². The maximum atomic E-state index is 10.9. The van der Waals surface area contributed by atoms with Crippen LogP contribution in [0.4, 0.5) is 5.82 Å². The summed E-state index contributed by atoms with van der Waals surface area (Å²) in [5.41, 5.74) is 2.02. The summed E-state index contributed by atoms with van der Waals surface area (Å²) in [6.45, 7) is 0. The Labute approximate surface area is 71.2 Å². The fourth-order valence-electron chi connectivity index (χ4n) is 0.986. The minimum atomic E-state index is -0.391. The molecule has 12 heavy (non-hydrogen) atoms. The van der Waals surface area contributed by atoms with Crippen molar-refractivity contribution in [1.29, 1.82) is 0 Å². The maximum absolute atomic E-state index is 10.9. The van der Waals surface area contributed by atoms with E-state index in [0.717, 1.165) is 5.39 Å². The SMILES string of the molecule is NNc1[nH]c(=O)nc2sccc12. The minimum Gasteiger partial charge on any atom is -0.309 e. The zero-order chi connectivity index (χ0) is 8.55. The van der Waals surface area contributed by atoms with Gasteiger partial charge in [0.2, 0.25) is 0 Å². The standard InChI is InChI=1S/C6H6N4OS/c7-10-4-3-1-2-12-5(3)9-6(11)8-4/h1-2H,7H2,(H2,8,9,10,11). The van der Waals surface area contributed by atoms with E-state index < -0.39 is 5.69 Å². The van der Waals surface area contributed by atoms with Gasteiger partial charge in [-0.05, 0) is 11.4 Å². The largest absolute Gasteiger partial charge is 0.347 e. The summed E-state index contributed by atoms with van der Waals surface area (Å²) in [6, 6.07) is 1.85. The average molecular weight is 182 g/mol. The number of hydrogen-bond donors (Lipinski definition) is 3. The Morgan fingerprint density at radius 1 is 1.67 bits per heavy atom. The van der Waals surface area contributed by atoms with E-state index in [2.05, 4.69) is 15.4 Å². The number of H-pyrrole nitrogens is 1. The summed E-state index contributed by atoms with van der Waals surface area (Å²) in [4.78, 5) is 17.8. The first-order chi connectivity index (χ1) is 5.81. The van der Waals surface area contributed by atoms with Crippen LogP contribution in [-0.4, -0.2) is 9.97 Å². The Morgan fingerprint density at radius 3 is 3.25 bits per heavy atom. The van der Waals surface area contributed by atoms with Gasteiger partial charge in [-0.25, -0.2) is 10.6 Å². The smallest absolute Gasteiger partial charge is 0.309 e. The second kappa shape index (κ2) is 2.58. The van der Waals surface area contributed by atoms with Crippen molar-refractivity contribution in [2.75, 3.05) is 5.43 Å². The number of fused-ring (bicyclic) bond motifs is 1. The van der Waals surface area contributed by atoms with E-state index >= 15 is 0 Å². The third-order valence-corrected chi connectivity index (χ3v) is 2.30. The quantitative estimate of drug-likeness (QED) is 0.436. The van der Waals surface area contributed by atoms with Gasteiger partial charge in [-0.1, -0.05) is 0 Å². The van der Waals surface area contributed by atoms with Gasteiger partial charge >= 0.3 is 5.69 Å². The zero-order valence-electron chi connectivity index (χ0n) is 6.00. The van der Waals surface area contributed by atoms with Crippen LogP contribution in [0.3, 0.4) is 0 Å². The predicted molar refractivity (Wildman–Crippen MR) is 48.1 cm³/mol. The molecule has 6 heteroatoms. The molecule has 2 heterocycles. The molecule has 0 aliphatic heterocycles. The van der Waals surface area contributed by atoms with Crippen LogP contribution in [0.25, 0.3) is 10.2 Å². The summed E-state index contributed by atoms with van der Waals surface area (Å²) >= 11 is 1.40. The molecule has 0 atom stereocenters. The molecule has 0 aliphatic rings. The second-order valence-electron chi connectivity index (χ2n) is 2.20. The van der Waals surface area contributed by atoms with Crippen molar-refractivity contribution in [2.45, 2.75) is 0 Å². The van der Waals surface area contributed by atoms with Crippen LogP contribution in [0, 0.1) is 0 Å². The average Bonchev–Trinajstić information content (AvgIpc) is 2.50. The summed E-state index contributed by atoms with van der Waals surface area (Å²) < 4.78 is 0. The van der Waals surface area contributed by atoms with Gasteiger partial charge in [0.25, 0.3) is 0 Å². The first kappa shape index (κ1) is 7.26. The van der Waals surface area contributed by atoms with Gasteiger partial charge in [0.1, 0.15) is 10.6 Å². The van der Waals surface area contributed by atoms with Crippen LogP contribution in [0.5, 0.6) is 0 Å². The normalized spacial score (nSPS) is 10.4. The lowest BCUT2D eigenvalue weighted by molar-refractivity contribution is 1.11. The number of nitrogens with zero attached hydrogens (tertiary/aromatic N) is 1. The van der Waals surface area contributed by atoms with Gasteiger partial charge in [0, 0.05) is 0 Å². The molecule has 0 aliphatic carbocycles. The van der Waals surface area contributed by atoms with E-state index in [9.17, 15) is 4.79 Å². The van der Waals surface area contributed by atoms with Gasteiger partial charge in [-0.2, -0.15) is 4.98 Å². The number of aromatic nitrogens is 2. The molecule has 0 amide bonds. The molecular formula is C6H6N4OS. The van der Waals surface area contributed by atoms with Gasteiger partial charge in [-0.15, -0.1) is 11.3 Å². The number of hydrazine groups is 1. The monoisotopic (exact) mass is 182 g/mol. The molecule has 0 bridgehead atoms. The molecule has 5 nitrogen and oxygen atoms in total. The highest BCUT2D eigenvalue weighted by Gasteiger charge is 2.02. The number of aromatic amines is 1. The second-order valence-corrected chi connectivity index (χ2v) is 3.10. The molecule has 62 valence electrons. The van der Waals surface area contributed by atoms with Crippen molar-refractivity contribution in [3.05, 3.63) is 21.9 Å². The predicted octanol–water partition coefficient (Wildman–Crippen LogP) is 0.270. The lowest BCUT2D eigenvalue weighted by Gasteiger charge is -1.98. The molecule has 2 rings (SSSR count). The van der Waals surface area contributed by atoms with Crippen LogP contribution in [0.15, 0.2) is 16.2 Å². The number of nitrogens with one attached hydrogen (secondary N) is 2. The van der Waals surface area contributed by atoms with E-state index in [1.54, 1.807) is 0 Å². The molecule has 2 aromatic heterocycles. The van der Waals surface area contributed by atoms with E-state index in [1.165, 1.54) is 11.3 Å². The van der Waals surface area contributed by atoms with E-state index in [-0.39, 0.29) is 0 Å². The number of nitrogens with two attached hydrogens (primary N) is 1. The van der Waals surface area contributed by atoms with Crippen LogP contribution < -0.4 is 17.0 Å². The van der Waals surface area contributed by atoms with Gasteiger partial charge in [-0.3, -0.25) is 4.98 Å². The summed E-state index contributed by atoms with van der Waals surface area (Å²) in [5.74, 6) is 5.71. The van der Waals surface area contributed by atoms with Gasteiger partial charge in [0.15, 0.2) is 0 Å². The van der Waals surface area contributed by atoms with E-state index in [4.69, 9.17) is 5.84 Å². The Morgan fingerprint density at radius 2 is 2.50 bits per heavy atom. The molecule has 0 spiro atoms. The maximum Gasteiger partial charge on any atom is 0.347 e. The Kier molecular flexibility index (Phi) is 1.56. The third kappa shape index (κ3) is 0.973. The molecule has 0 saturated heterocycles. The first-order valence-corrected chi connectivity index (χ1v) is 4.13. The number of thiophene rings is 1. The highest BCUT2D eigenvalue weighted by Crippen LogP contribution is 2.21. The lowest BCUT2D eigenvalue weighted by atomic mass is 10.4. The molecule has 0 fully saturated rings. The lowest BCUT2D eigenvalue weighted by Crippen LogP contribution is -2.16. The summed E-state index contributed by atoms with van der Waals surface area (Å²) in [6.07, 6.45) is 0. The minimum absolute atomic E-state index is 0.391. The van der Waals surface area contributed by atoms with Crippen molar-refractivity contribution in [3.8, 4) is 0 Å². The fourth-order valence-corrected chi connectivity index (χ4v) is 1.75. The highest BCUT2D eigenvalue weighted by atomic mass is 32.1. The zero-order valence-corrected chi connectivity index (χ0v) is 6.81. The van der Waals surface area contributed by atoms with Crippen molar-refractivity contribution in [2.24, 2.45) is 5.84 Å². The summed E-state index contributed by atoms with van der Waals surface area (Å²) in [7, 11) is 0. The Hall–Kier alpha value is -1.40. The van der Waals surface area contributed by atoms with Crippen molar-refractivity contribution >= 4 is 27.4 Å². The highest BCUT2D eigenvalue weighted by molar-refractivity contribution is 7.16. The van der Waals surface area contributed by atoms with Gasteiger partial charge in [0.05, 0.1) is 5.39 Å². The molecule has 0 radical (unpaired) electrons. The molecular weight excluding hydrogens is 176 g/mol. The topological polar surface area (TPSA) is 83.8 Å². The fraction of sp³-hybridized carbons (Fsp3) is 0. The Balaban J connectivity index is 2.89. The van der Waals surface area contributed by atoms with Crippen LogP contribution in [0.2, 0.25) is 0 Å². The molecule has 0 unspecified atom stereocenters. The number of hydrogen-bond acceptors (Lipinski definition) is 5. The number of anilines is 1. The third-order valence-electron chi connectivity index (χ3n) is 1.49. The molecule has 0 aromatic carbocycles. The van der Waals surface area contributed by atoms with E-state index in [1.807, 2.05) is 11.4 Å². The molecule has 4 N–H and O–H groups in total. The number of nitrogen functional groups attached to an aromatic ring is 1. The van der Waals surface area contributed by atoms with Crippen molar-refractivity contribution in [1.82, 2.24) is 9.97 Å². The first-order valence-electron chi connectivity index (χ1n) is 3.25. The Bertz CT molecular complexity index is 460. The molecule has 0 saturated carbocycles. The van der Waals surface area contributed by atoms with Gasteiger partial charge < -0.3 is 5.43 Å².